The number of carbonyl (C=O) groups is 1. The number of nitrogens with two attached hydrogens (primary N) is 1. The second-order valence-corrected chi connectivity index (χ2v) is 7.37. The molecule has 2 rings (SSSR count). The fourth-order valence-corrected chi connectivity index (χ4v) is 2.96. The van der Waals surface area contributed by atoms with E-state index in [4.69, 9.17) is 10.5 Å². The number of rotatable bonds is 5. The molecule has 3 N–H and O–H groups in total. The Morgan fingerprint density at radius 1 is 1.38 bits per heavy atom. The van der Waals surface area contributed by atoms with Gasteiger partial charge in [-0.15, -0.1) is 0 Å². The van der Waals surface area contributed by atoms with Gasteiger partial charge in [0.05, 0.1) is 13.2 Å². The Bertz CT molecular complexity index is 557. The zero-order chi connectivity index (χ0) is 17.7. The first-order valence-corrected chi connectivity index (χ1v) is 8.40. The molecule has 1 atom stereocenters. The minimum Gasteiger partial charge on any atom is -0.459 e. The van der Waals surface area contributed by atoms with Crippen LogP contribution < -0.4 is 5.73 Å². The number of aliphatic hydroxyl groups excluding tert-OH is 1. The molecule has 0 saturated carbocycles. The third-order valence-corrected chi connectivity index (χ3v) is 4.01. The van der Waals surface area contributed by atoms with E-state index in [2.05, 4.69) is 4.90 Å². The normalized spacial score (nSPS) is 20.1. The highest BCUT2D eigenvalue weighted by Gasteiger charge is 2.28. The van der Waals surface area contributed by atoms with E-state index in [-0.39, 0.29) is 25.2 Å². The lowest BCUT2D eigenvalue weighted by atomic mass is 10.1. The van der Waals surface area contributed by atoms with Crippen molar-refractivity contribution in [2.45, 2.75) is 39.0 Å². The average Bonchev–Trinajstić information content (AvgIpc) is 2.47. The SMILES string of the molecule is CC(C)(C)OC(=O)CN1CCN(Cc2cccc(N)c2)C(CO)C1. The maximum atomic E-state index is 12.0. The Balaban J connectivity index is 1.90. The Hall–Kier alpha value is -1.63. The van der Waals surface area contributed by atoms with Crippen LogP contribution in [-0.4, -0.2) is 65.3 Å². The molecule has 1 aromatic rings. The summed E-state index contributed by atoms with van der Waals surface area (Å²) in [6, 6.07) is 7.81. The lowest BCUT2D eigenvalue weighted by Gasteiger charge is -2.40. The smallest absolute Gasteiger partial charge is 0.320 e. The summed E-state index contributed by atoms with van der Waals surface area (Å²) in [4.78, 5) is 16.3. The Morgan fingerprint density at radius 3 is 2.75 bits per heavy atom. The number of piperazine rings is 1. The van der Waals surface area contributed by atoms with E-state index in [1.165, 1.54) is 0 Å². The summed E-state index contributed by atoms with van der Waals surface area (Å²) in [6.07, 6.45) is 0. The molecule has 6 nitrogen and oxygen atoms in total. The molecule has 134 valence electrons. The predicted octanol–water partition coefficient (Wildman–Crippen LogP) is 1.09. The van der Waals surface area contributed by atoms with Crippen molar-refractivity contribution in [3.63, 3.8) is 0 Å². The first kappa shape index (κ1) is 18.7. The molecule has 0 spiro atoms. The lowest BCUT2D eigenvalue weighted by molar-refractivity contribution is -0.157. The van der Waals surface area contributed by atoms with Gasteiger partial charge in [-0.25, -0.2) is 0 Å². The molecule has 0 aliphatic carbocycles. The number of aliphatic hydroxyl groups is 1. The lowest BCUT2D eigenvalue weighted by Crippen LogP contribution is -2.55. The fraction of sp³-hybridized carbons (Fsp3) is 0.611. The van der Waals surface area contributed by atoms with E-state index >= 15 is 0 Å². The molecule has 1 aromatic carbocycles. The summed E-state index contributed by atoms with van der Waals surface area (Å²) < 4.78 is 5.37. The van der Waals surface area contributed by atoms with Crippen molar-refractivity contribution in [1.82, 2.24) is 9.80 Å². The summed E-state index contributed by atoms with van der Waals surface area (Å²) in [6.45, 7) is 8.89. The highest BCUT2D eigenvalue weighted by atomic mass is 16.6. The van der Waals surface area contributed by atoms with Crippen LogP contribution in [0, 0.1) is 0 Å². The van der Waals surface area contributed by atoms with E-state index in [9.17, 15) is 9.90 Å². The summed E-state index contributed by atoms with van der Waals surface area (Å²) in [7, 11) is 0. The zero-order valence-electron chi connectivity index (χ0n) is 14.9. The number of esters is 1. The van der Waals surface area contributed by atoms with Crippen LogP contribution in [0.3, 0.4) is 0 Å². The van der Waals surface area contributed by atoms with Crippen LogP contribution in [0.25, 0.3) is 0 Å². The van der Waals surface area contributed by atoms with Gasteiger partial charge in [-0.05, 0) is 38.5 Å². The maximum Gasteiger partial charge on any atom is 0.320 e. The number of ether oxygens (including phenoxy) is 1. The Morgan fingerprint density at radius 2 is 2.12 bits per heavy atom. The van der Waals surface area contributed by atoms with Crippen LogP contribution in [0.15, 0.2) is 24.3 Å². The minimum absolute atomic E-state index is 0.00242. The molecule has 1 aliphatic heterocycles. The van der Waals surface area contributed by atoms with Crippen molar-refractivity contribution in [2.24, 2.45) is 0 Å². The van der Waals surface area contributed by atoms with Crippen LogP contribution in [0.2, 0.25) is 0 Å². The van der Waals surface area contributed by atoms with Crippen LogP contribution >= 0.6 is 0 Å². The van der Waals surface area contributed by atoms with Gasteiger partial charge in [-0.3, -0.25) is 14.6 Å². The molecular weight excluding hydrogens is 306 g/mol. The number of nitrogen functional groups attached to an aromatic ring is 1. The van der Waals surface area contributed by atoms with Gasteiger partial charge in [0.1, 0.15) is 5.60 Å². The molecule has 0 amide bonds. The van der Waals surface area contributed by atoms with Gasteiger partial charge in [0.2, 0.25) is 0 Å². The van der Waals surface area contributed by atoms with Crippen LogP contribution in [0.5, 0.6) is 0 Å². The van der Waals surface area contributed by atoms with Crippen molar-refractivity contribution < 1.29 is 14.6 Å². The van der Waals surface area contributed by atoms with Gasteiger partial charge in [0.25, 0.3) is 0 Å². The van der Waals surface area contributed by atoms with Gasteiger partial charge in [-0.1, -0.05) is 12.1 Å². The Kier molecular flexibility index (Phi) is 6.21. The fourth-order valence-electron chi connectivity index (χ4n) is 2.96. The van der Waals surface area contributed by atoms with Gasteiger partial charge in [0, 0.05) is 37.9 Å². The quantitative estimate of drug-likeness (QED) is 0.619. The van der Waals surface area contributed by atoms with Crippen LogP contribution in [0.4, 0.5) is 5.69 Å². The predicted molar refractivity (Wildman–Crippen MR) is 94.4 cm³/mol. The van der Waals surface area contributed by atoms with Crippen molar-refractivity contribution in [3.05, 3.63) is 29.8 Å². The summed E-state index contributed by atoms with van der Waals surface area (Å²) in [5, 5.41) is 9.72. The van der Waals surface area contributed by atoms with Gasteiger partial charge < -0.3 is 15.6 Å². The van der Waals surface area contributed by atoms with E-state index < -0.39 is 5.60 Å². The second kappa shape index (κ2) is 7.96. The highest BCUT2D eigenvalue weighted by molar-refractivity contribution is 5.72. The second-order valence-electron chi connectivity index (χ2n) is 7.37. The van der Waals surface area contributed by atoms with Gasteiger partial charge in [-0.2, -0.15) is 0 Å². The minimum atomic E-state index is -0.470. The zero-order valence-corrected chi connectivity index (χ0v) is 14.9. The standard InChI is InChI=1S/C18H29N3O3/c1-18(2,3)24-17(23)12-20-7-8-21(16(11-20)13-22)10-14-5-4-6-15(19)9-14/h4-6,9,16,22H,7-8,10-13,19H2,1-3H3. The number of benzene rings is 1. The molecule has 0 bridgehead atoms. The molecule has 1 saturated heterocycles. The number of nitrogens with zero attached hydrogens (tertiary/aromatic N) is 2. The third kappa shape index (κ3) is 5.78. The van der Waals surface area contributed by atoms with Crippen molar-refractivity contribution in [3.8, 4) is 0 Å². The van der Waals surface area contributed by atoms with E-state index in [1.54, 1.807) is 0 Å². The Labute approximate surface area is 144 Å². The first-order chi connectivity index (χ1) is 11.3. The van der Waals surface area contributed by atoms with Gasteiger partial charge >= 0.3 is 5.97 Å². The largest absolute Gasteiger partial charge is 0.459 e. The van der Waals surface area contributed by atoms with Crippen LogP contribution in [-0.2, 0) is 16.1 Å². The average molecular weight is 335 g/mol. The van der Waals surface area contributed by atoms with Crippen molar-refractivity contribution >= 4 is 11.7 Å². The van der Waals surface area contributed by atoms with E-state index in [0.717, 1.165) is 30.9 Å². The third-order valence-electron chi connectivity index (χ3n) is 4.01. The molecule has 1 fully saturated rings. The number of anilines is 1. The molecular formula is C18H29N3O3. The van der Waals surface area contributed by atoms with Crippen molar-refractivity contribution in [1.29, 1.82) is 0 Å². The highest BCUT2D eigenvalue weighted by Crippen LogP contribution is 2.16. The summed E-state index contributed by atoms with van der Waals surface area (Å²) >= 11 is 0. The van der Waals surface area contributed by atoms with Crippen LogP contribution in [0.1, 0.15) is 26.3 Å². The van der Waals surface area contributed by atoms with E-state index in [0.29, 0.717) is 6.54 Å². The molecule has 0 aromatic heterocycles. The number of hydrogen-bond acceptors (Lipinski definition) is 6. The monoisotopic (exact) mass is 335 g/mol. The van der Waals surface area contributed by atoms with E-state index in [1.807, 2.05) is 49.9 Å². The first-order valence-electron chi connectivity index (χ1n) is 8.40. The van der Waals surface area contributed by atoms with Gasteiger partial charge in [0.15, 0.2) is 0 Å². The molecule has 1 unspecified atom stereocenters. The molecule has 1 heterocycles. The van der Waals surface area contributed by atoms with Crippen molar-refractivity contribution in [2.75, 3.05) is 38.5 Å². The number of carbonyl (C=O) groups excluding carboxylic acids is 1. The maximum absolute atomic E-state index is 12.0. The molecule has 1 aliphatic rings. The molecule has 24 heavy (non-hydrogen) atoms. The number of hydrogen-bond donors (Lipinski definition) is 2. The topological polar surface area (TPSA) is 79.0 Å². The summed E-state index contributed by atoms with van der Waals surface area (Å²) in [5.74, 6) is -0.219. The molecule has 6 heteroatoms. The molecule has 0 radical (unpaired) electrons. The summed E-state index contributed by atoms with van der Waals surface area (Å²) in [5.41, 5.74) is 7.24.